The van der Waals surface area contributed by atoms with Gasteiger partial charge >= 0.3 is 6.03 Å². The Kier molecular flexibility index (Phi) is 3.39. The second-order valence-corrected chi connectivity index (χ2v) is 4.00. The number of aromatic nitrogens is 1. The van der Waals surface area contributed by atoms with Gasteiger partial charge in [-0.05, 0) is 17.7 Å². The maximum atomic E-state index is 11.5. The first-order valence-corrected chi connectivity index (χ1v) is 5.61. The molecule has 0 aliphatic heterocycles. The summed E-state index contributed by atoms with van der Waals surface area (Å²) >= 11 is 0. The number of H-pyrrole nitrogens is 1. The van der Waals surface area contributed by atoms with Crippen molar-refractivity contribution in [2.45, 2.75) is 0 Å². The molecule has 0 saturated carbocycles. The van der Waals surface area contributed by atoms with Crippen molar-refractivity contribution in [2.24, 2.45) is 11.5 Å². The highest BCUT2D eigenvalue weighted by Gasteiger charge is 2.17. The standard InChI is InChI=1S/C13H11N5O2/c14-5-1-2-7-3-4-8-9(6-7)17-12(18-13(16)20)10(8)11(15)19/h1-4,6,17H,(H2,15,19)(H3,16,18,20)/b2-1+. The summed E-state index contributed by atoms with van der Waals surface area (Å²) in [5, 5.41) is 11.4. The summed E-state index contributed by atoms with van der Waals surface area (Å²) in [6.45, 7) is 0. The average Bonchev–Trinajstić information content (AvgIpc) is 2.72. The van der Waals surface area contributed by atoms with Crippen LogP contribution in [0, 0.1) is 11.3 Å². The summed E-state index contributed by atoms with van der Waals surface area (Å²) in [5.41, 5.74) is 11.9. The number of benzene rings is 1. The van der Waals surface area contributed by atoms with Crippen molar-refractivity contribution in [1.82, 2.24) is 4.98 Å². The van der Waals surface area contributed by atoms with E-state index in [9.17, 15) is 9.59 Å². The summed E-state index contributed by atoms with van der Waals surface area (Å²) < 4.78 is 0. The van der Waals surface area contributed by atoms with Crippen molar-refractivity contribution in [3.8, 4) is 6.07 Å². The zero-order valence-corrected chi connectivity index (χ0v) is 10.3. The van der Waals surface area contributed by atoms with E-state index in [1.165, 1.54) is 6.08 Å². The average molecular weight is 269 g/mol. The Hall–Kier alpha value is -3.27. The number of nitrogens with two attached hydrogens (primary N) is 2. The molecule has 1 heterocycles. The smallest absolute Gasteiger partial charge is 0.317 e. The number of urea groups is 1. The van der Waals surface area contributed by atoms with Crippen LogP contribution in [0.4, 0.5) is 10.6 Å². The third kappa shape index (κ3) is 2.44. The third-order valence-corrected chi connectivity index (χ3v) is 2.67. The van der Waals surface area contributed by atoms with Crippen molar-refractivity contribution in [3.05, 3.63) is 35.4 Å². The minimum absolute atomic E-state index is 0.154. The fraction of sp³-hybridized carbons (Fsp3) is 0. The maximum absolute atomic E-state index is 11.5. The highest BCUT2D eigenvalue weighted by atomic mass is 16.2. The fourth-order valence-electron chi connectivity index (χ4n) is 1.93. The molecule has 0 aliphatic carbocycles. The predicted molar refractivity (Wildman–Crippen MR) is 74.7 cm³/mol. The largest absolute Gasteiger partial charge is 0.365 e. The van der Waals surface area contributed by atoms with Crippen molar-refractivity contribution in [2.75, 3.05) is 5.32 Å². The van der Waals surface area contributed by atoms with Gasteiger partial charge in [0, 0.05) is 17.0 Å². The van der Waals surface area contributed by atoms with Crippen LogP contribution in [0.3, 0.4) is 0 Å². The van der Waals surface area contributed by atoms with Crippen LogP contribution in [0.5, 0.6) is 0 Å². The Morgan fingerprint density at radius 2 is 2.10 bits per heavy atom. The minimum atomic E-state index is -0.802. The lowest BCUT2D eigenvalue weighted by Crippen LogP contribution is -2.22. The molecule has 0 atom stereocenters. The van der Waals surface area contributed by atoms with E-state index >= 15 is 0 Å². The Balaban J connectivity index is 2.61. The second-order valence-electron chi connectivity index (χ2n) is 4.00. The minimum Gasteiger partial charge on any atom is -0.365 e. The number of hydrogen-bond acceptors (Lipinski definition) is 3. The van der Waals surface area contributed by atoms with Crippen LogP contribution in [0.15, 0.2) is 24.3 Å². The second kappa shape index (κ2) is 5.16. The number of carbonyl (C=O) groups excluding carboxylic acids is 2. The molecule has 100 valence electrons. The number of carbonyl (C=O) groups is 2. The number of allylic oxidation sites excluding steroid dienone is 1. The van der Waals surface area contributed by atoms with Gasteiger partial charge in [-0.25, -0.2) is 4.79 Å². The maximum Gasteiger partial charge on any atom is 0.317 e. The monoisotopic (exact) mass is 269 g/mol. The Morgan fingerprint density at radius 1 is 1.35 bits per heavy atom. The van der Waals surface area contributed by atoms with Crippen molar-refractivity contribution < 1.29 is 9.59 Å². The van der Waals surface area contributed by atoms with Gasteiger partial charge < -0.3 is 16.5 Å². The van der Waals surface area contributed by atoms with E-state index < -0.39 is 11.9 Å². The molecule has 0 unspecified atom stereocenters. The molecule has 20 heavy (non-hydrogen) atoms. The molecular weight excluding hydrogens is 258 g/mol. The number of aromatic amines is 1. The summed E-state index contributed by atoms with van der Waals surface area (Å²) in [7, 11) is 0. The van der Waals surface area contributed by atoms with Crippen LogP contribution >= 0.6 is 0 Å². The molecular formula is C13H11N5O2. The van der Waals surface area contributed by atoms with Crippen molar-refractivity contribution >= 4 is 34.7 Å². The topological polar surface area (TPSA) is 138 Å². The van der Waals surface area contributed by atoms with Gasteiger partial charge in [-0.1, -0.05) is 12.1 Å². The molecule has 0 spiro atoms. The number of rotatable bonds is 3. The molecule has 2 rings (SSSR count). The number of amides is 3. The predicted octanol–water partition coefficient (Wildman–Crippen LogP) is 1.29. The molecule has 0 radical (unpaired) electrons. The molecule has 7 heteroatoms. The molecule has 1 aromatic carbocycles. The van der Waals surface area contributed by atoms with Gasteiger partial charge in [0.1, 0.15) is 5.82 Å². The number of fused-ring (bicyclic) bond motifs is 1. The Morgan fingerprint density at radius 3 is 2.70 bits per heavy atom. The highest BCUT2D eigenvalue weighted by molar-refractivity contribution is 6.13. The van der Waals surface area contributed by atoms with Crippen molar-refractivity contribution in [3.63, 3.8) is 0 Å². The Bertz CT molecular complexity index is 767. The number of anilines is 1. The van der Waals surface area contributed by atoms with Crippen LogP contribution < -0.4 is 16.8 Å². The molecule has 7 nitrogen and oxygen atoms in total. The van der Waals surface area contributed by atoms with E-state index in [-0.39, 0.29) is 11.4 Å². The normalized spacial score (nSPS) is 10.6. The quantitative estimate of drug-likeness (QED) is 0.624. The summed E-state index contributed by atoms with van der Waals surface area (Å²) in [6, 6.07) is 6.21. The summed E-state index contributed by atoms with van der Waals surface area (Å²) in [4.78, 5) is 25.3. The van der Waals surface area contributed by atoms with E-state index in [2.05, 4.69) is 10.3 Å². The molecule has 2 aromatic rings. The number of hydrogen-bond donors (Lipinski definition) is 4. The molecule has 0 saturated heterocycles. The van der Waals surface area contributed by atoms with Crippen molar-refractivity contribution in [1.29, 1.82) is 5.26 Å². The van der Waals surface area contributed by atoms with Gasteiger partial charge in [0.2, 0.25) is 0 Å². The SMILES string of the molecule is N#C/C=C/c1ccc2c(C(N)=O)c(NC(N)=O)[nH]c2c1. The van der Waals surface area contributed by atoms with Gasteiger partial charge in [0.05, 0.1) is 11.6 Å². The number of nitriles is 1. The van der Waals surface area contributed by atoms with E-state index in [0.717, 1.165) is 5.56 Å². The lowest BCUT2D eigenvalue weighted by molar-refractivity contribution is 0.100. The van der Waals surface area contributed by atoms with Gasteiger partial charge in [-0.3, -0.25) is 10.1 Å². The zero-order valence-electron chi connectivity index (χ0n) is 10.3. The van der Waals surface area contributed by atoms with E-state index in [1.54, 1.807) is 24.3 Å². The molecule has 1 aromatic heterocycles. The van der Waals surface area contributed by atoms with Crippen LogP contribution in [0.1, 0.15) is 15.9 Å². The lowest BCUT2D eigenvalue weighted by Gasteiger charge is -2.00. The first-order chi connectivity index (χ1) is 9.52. The van der Waals surface area contributed by atoms with Crippen LogP contribution in [-0.4, -0.2) is 16.9 Å². The van der Waals surface area contributed by atoms with Crippen LogP contribution in [-0.2, 0) is 0 Å². The van der Waals surface area contributed by atoms with Gasteiger partial charge in [-0.2, -0.15) is 5.26 Å². The van der Waals surface area contributed by atoms with Gasteiger partial charge in [0.15, 0.2) is 0 Å². The molecule has 0 bridgehead atoms. The zero-order chi connectivity index (χ0) is 14.7. The van der Waals surface area contributed by atoms with Gasteiger partial charge in [-0.15, -0.1) is 0 Å². The third-order valence-electron chi connectivity index (χ3n) is 2.67. The van der Waals surface area contributed by atoms with E-state index in [1.807, 2.05) is 6.07 Å². The van der Waals surface area contributed by atoms with Crippen LogP contribution in [0.25, 0.3) is 17.0 Å². The Labute approximate surface area is 113 Å². The van der Waals surface area contributed by atoms with Gasteiger partial charge in [0.25, 0.3) is 5.91 Å². The first kappa shape index (κ1) is 13.2. The summed E-state index contributed by atoms with van der Waals surface area (Å²) in [5.74, 6) is -0.526. The molecule has 0 aliphatic rings. The van der Waals surface area contributed by atoms with Crippen LogP contribution in [0.2, 0.25) is 0 Å². The lowest BCUT2D eigenvalue weighted by atomic mass is 10.1. The number of nitrogens with zero attached hydrogens (tertiary/aromatic N) is 1. The number of primary amides is 2. The molecule has 3 amide bonds. The number of nitrogens with one attached hydrogen (secondary N) is 2. The summed E-state index contributed by atoms with van der Waals surface area (Å²) in [6.07, 6.45) is 2.95. The first-order valence-electron chi connectivity index (χ1n) is 5.61. The van der Waals surface area contributed by atoms with E-state index in [4.69, 9.17) is 16.7 Å². The molecule has 0 fully saturated rings. The fourth-order valence-corrected chi connectivity index (χ4v) is 1.93. The van der Waals surface area contributed by atoms with E-state index in [0.29, 0.717) is 10.9 Å². The molecule has 6 N–H and O–H groups in total. The highest BCUT2D eigenvalue weighted by Crippen LogP contribution is 2.27.